The summed E-state index contributed by atoms with van der Waals surface area (Å²) in [5.41, 5.74) is 9.19. The standard InChI is InChI=1S/C23H25N2OSi.C13H12N.Ir/c1-23(2,3)15-11-13-24-18(14-15)16-9-10-19(27(4,5)6)20-17-8-7-12-25-22(17)26-21(16)20;1-10-8-13(14-9-11(10)2)12-6-4-3-5-7-12;/h7-8,10-14H,1-6H3;3-6,8-9H,1-2H3;/q2*-1;. The van der Waals surface area contributed by atoms with E-state index in [0.29, 0.717) is 5.71 Å². The minimum atomic E-state index is -1.58. The molecule has 6 aromatic rings. The van der Waals surface area contributed by atoms with E-state index in [2.05, 4.69) is 112 Å². The third-order valence-corrected chi connectivity index (χ3v) is 9.38. The summed E-state index contributed by atoms with van der Waals surface area (Å²) in [5.74, 6) is 0. The van der Waals surface area contributed by atoms with Gasteiger partial charge in [-0.25, -0.2) is 4.98 Å². The van der Waals surface area contributed by atoms with Crippen molar-refractivity contribution in [3.63, 3.8) is 0 Å². The Morgan fingerprint density at radius 1 is 0.810 bits per heavy atom. The summed E-state index contributed by atoms with van der Waals surface area (Å²) < 4.78 is 6.24. The van der Waals surface area contributed by atoms with Crippen molar-refractivity contribution < 1.29 is 24.5 Å². The van der Waals surface area contributed by atoms with Crippen LogP contribution >= 0.6 is 0 Å². The Labute approximate surface area is 264 Å². The van der Waals surface area contributed by atoms with Crippen LogP contribution in [-0.2, 0) is 25.5 Å². The summed E-state index contributed by atoms with van der Waals surface area (Å²) >= 11 is 0. The van der Waals surface area contributed by atoms with Crippen LogP contribution in [0.25, 0.3) is 44.6 Å². The van der Waals surface area contributed by atoms with Crippen LogP contribution in [0.3, 0.4) is 0 Å². The number of hydrogen-bond acceptors (Lipinski definition) is 4. The van der Waals surface area contributed by atoms with Gasteiger partial charge in [-0.1, -0.05) is 69.1 Å². The van der Waals surface area contributed by atoms with Crippen molar-refractivity contribution in [2.75, 3.05) is 0 Å². The molecule has 2 aromatic carbocycles. The van der Waals surface area contributed by atoms with E-state index < -0.39 is 8.07 Å². The van der Waals surface area contributed by atoms with E-state index >= 15 is 0 Å². The van der Waals surface area contributed by atoms with E-state index in [1.165, 1.54) is 27.3 Å². The van der Waals surface area contributed by atoms with E-state index in [1.54, 1.807) is 6.20 Å². The number of furan rings is 1. The zero-order chi connectivity index (χ0) is 29.4. The van der Waals surface area contributed by atoms with Gasteiger partial charge in [0.15, 0.2) is 0 Å². The summed E-state index contributed by atoms with van der Waals surface area (Å²) in [6.45, 7) is 17.9. The largest absolute Gasteiger partial charge is 0.486 e. The number of hydrogen-bond donors (Lipinski definition) is 0. The van der Waals surface area contributed by atoms with Crippen LogP contribution in [0.4, 0.5) is 0 Å². The predicted octanol–water partition coefficient (Wildman–Crippen LogP) is 8.85. The molecule has 4 nitrogen and oxygen atoms in total. The summed E-state index contributed by atoms with van der Waals surface area (Å²) in [7, 11) is -1.58. The minimum Gasteiger partial charge on any atom is -0.486 e. The average molecular weight is 748 g/mol. The monoisotopic (exact) mass is 748 g/mol. The molecule has 0 saturated heterocycles. The van der Waals surface area contributed by atoms with Crippen molar-refractivity contribution in [2.24, 2.45) is 0 Å². The van der Waals surface area contributed by atoms with E-state index in [-0.39, 0.29) is 25.5 Å². The van der Waals surface area contributed by atoms with Gasteiger partial charge in [-0.3, -0.25) is 0 Å². The van der Waals surface area contributed by atoms with Gasteiger partial charge in [-0.15, -0.1) is 53.2 Å². The second-order valence-corrected chi connectivity index (χ2v) is 17.6. The molecule has 0 fully saturated rings. The fraction of sp³-hybridized carbons (Fsp3) is 0.250. The van der Waals surface area contributed by atoms with Gasteiger partial charge in [0, 0.05) is 52.2 Å². The Morgan fingerprint density at radius 2 is 1.60 bits per heavy atom. The number of pyridine rings is 3. The molecular weight excluding hydrogens is 711 g/mol. The first-order valence-corrected chi connectivity index (χ1v) is 17.5. The van der Waals surface area contributed by atoms with Crippen LogP contribution in [-0.4, -0.2) is 23.0 Å². The molecule has 6 heteroatoms. The van der Waals surface area contributed by atoms with Crippen molar-refractivity contribution in [1.29, 1.82) is 0 Å². The number of nitrogens with zero attached hydrogens (tertiary/aromatic N) is 3. The molecule has 1 radical (unpaired) electrons. The van der Waals surface area contributed by atoms with Crippen LogP contribution in [0.5, 0.6) is 0 Å². The van der Waals surface area contributed by atoms with E-state index in [1.807, 2.05) is 42.7 Å². The molecule has 6 rings (SSSR count). The molecule has 0 spiro atoms. The molecule has 0 amide bonds. The van der Waals surface area contributed by atoms with Crippen LogP contribution in [0, 0.1) is 26.0 Å². The molecule has 4 heterocycles. The molecule has 217 valence electrons. The fourth-order valence-corrected chi connectivity index (χ4v) is 6.30. The summed E-state index contributed by atoms with van der Waals surface area (Å²) in [6.07, 6.45) is 5.56. The Kier molecular flexibility index (Phi) is 9.32. The van der Waals surface area contributed by atoms with E-state index in [9.17, 15) is 0 Å². The van der Waals surface area contributed by atoms with Gasteiger partial charge >= 0.3 is 0 Å². The molecule has 0 unspecified atom stereocenters. The van der Waals surface area contributed by atoms with Crippen molar-refractivity contribution >= 4 is 35.3 Å². The summed E-state index contributed by atoms with van der Waals surface area (Å²) in [6, 6.07) is 27.1. The second-order valence-electron chi connectivity index (χ2n) is 12.6. The fourth-order valence-electron chi connectivity index (χ4n) is 4.80. The number of rotatable bonds is 3. The molecule has 0 saturated carbocycles. The average Bonchev–Trinajstić information content (AvgIpc) is 3.33. The molecule has 0 aliphatic carbocycles. The second kappa shape index (κ2) is 12.4. The molecule has 0 N–H and O–H groups in total. The number of aromatic nitrogens is 3. The first-order chi connectivity index (χ1) is 19.4. The third-order valence-electron chi connectivity index (χ3n) is 7.37. The smallest absolute Gasteiger partial charge is 0.216 e. The zero-order valence-corrected chi connectivity index (χ0v) is 29.0. The van der Waals surface area contributed by atoms with Crippen LogP contribution in [0.15, 0.2) is 83.7 Å². The minimum absolute atomic E-state index is 0. The number of benzene rings is 2. The van der Waals surface area contributed by atoms with Gasteiger partial charge in [-0.05, 0) is 60.0 Å². The van der Waals surface area contributed by atoms with E-state index in [0.717, 1.165) is 33.5 Å². The van der Waals surface area contributed by atoms with Crippen molar-refractivity contribution in [3.05, 3.63) is 108 Å². The quantitative estimate of drug-likeness (QED) is 0.134. The Morgan fingerprint density at radius 3 is 2.26 bits per heavy atom. The third kappa shape index (κ3) is 6.62. The SMILES string of the molecule is CC(C)(C)c1ccnc(-c2[c-]cc([Si](C)(C)C)c3c2oc2ncccc23)c1.Cc1cnc(-c2[c-]cccc2)cc1C.[Ir]. The van der Waals surface area contributed by atoms with Crippen molar-refractivity contribution in [3.8, 4) is 22.5 Å². The molecule has 0 aliphatic rings. The molecule has 0 bridgehead atoms. The van der Waals surface area contributed by atoms with Crippen LogP contribution in [0.1, 0.15) is 37.5 Å². The Balaban J connectivity index is 0.000000228. The number of fused-ring (bicyclic) bond motifs is 3. The van der Waals surface area contributed by atoms with Gasteiger partial charge in [0.05, 0.1) is 5.58 Å². The predicted molar refractivity (Wildman–Crippen MR) is 173 cm³/mol. The Bertz CT molecular complexity index is 1830. The topological polar surface area (TPSA) is 51.8 Å². The van der Waals surface area contributed by atoms with E-state index in [4.69, 9.17) is 4.42 Å². The molecular formula is C36H37IrN3OSi-2. The summed E-state index contributed by atoms with van der Waals surface area (Å²) in [4.78, 5) is 13.5. The van der Waals surface area contributed by atoms with Crippen LogP contribution < -0.4 is 5.19 Å². The van der Waals surface area contributed by atoms with Crippen molar-refractivity contribution in [2.45, 2.75) is 59.7 Å². The first kappa shape index (κ1) is 31.5. The molecule has 0 aliphatic heterocycles. The van der Waals surface area contributed by atoms with Gasteiger partial charge in [0.2, 0.25) is 5.71 Å². The summed E-state index contributed by atoms with van der Waals surface area (Å²) in [5, 5.41) is 3.60. The maximum atomic E-state index is 6.24. The van der Waals surface area contributed by atoms with Crippen LogP contribution in [0.2, 0.25) is 19.6 Å². The van der Waals surface area contributed by atoms with Gasteiger partial charge in [-0.2, -0.15) is 0 Å². The first-order valence-electron chi connectivity index (χ1n) is 14.0. The maximum Gasteiger partial charge on any atom is 0.216 e. The zero-order valence-electron chi connectivity index (χ0n) is 25.6. The van der Waals surface area contributed by atoms with Gasteiger partial charge in [0.1, 0.15) is 0 Å². The maximum absolute atomic E-state index is 6.24. The van der Waals surface area contributed by atoms with Gasteiger partial charge in [0.25, 0.3) is 0 Å². The van der Waals surface area contributed by atoms with Crippen molar-refractivity contribution in [1.82, 2.24) is 15.0 Å². The molecule has 4 aromatic heterocycles. The Hall–Kier alpha value is -3.44. The normalized spacial score (nSPS) is 11.6. The van der Waals surface area contributed by atoms with Gasteiger partial charge < -0.3 is 14.4 Å². The number of aryl methyl sites for hydroxylation is 2. The molecule has 42 heavy (non-hydrogen) atoms. The molecule has 0 atom stereocenters.